The number of aliphatic hydroxyl groups is 1. The van der Waals surface area contributed by atoms with Gasteiger partial charge in [-0.25, -0.2) is 0 Å². The Kier molecular flexibility index (Phi) is 4.74. The van der Waals surface area contributed by atoms with Gasteiger partial charge in [0.05, 0.1) is 18.9 Å². The summed E-state index contributed by atoms with van der Waals surface area (Å²) >= 11 is 0. The van der Waals surface area contributed by atoms with Crippen molar-refractivity contribution in [2.45, 2.75) is 25.5 Å². The summed E-state index contributed by atoms with van der Waals surface area (Å²) in [6.45, 7) is 1.97. The van der Waals surface area contributed by atoms with Gasteiger partial charge in [-0.1, -0.05) is 0 Å². The fourth-order valence-electron chi connectivity index (χ4n) is 4.28. The number of benzene rings is 2. The molecular weight excluding hydrogens is 410 g/mol. The predicted molar refractivity (Wildman–Crippen MR) is 117 cm³/mol. The van der Waals surface area contributed by atoms with Gasteiger partial charge in [-0.3, -0.25) is 14.5 Å². The Morgan fingerprint density at radius 1 is 1.12 bits per heavy atom. The number of furan rings is 1. The number of fused-ring (bicyclic) bond motifs is 1. The number of rotatable bonds is 4. The number of methoxy groups -OCH3 is 1. The third-order valence-electron chi connectivity index (χ3n) is 5.78. The lowest BCUT2D eigenvalue weighted by Crippen LogP contribution is -2.29. The van der Waals surface area contributed by atoms with E-state index in [0.29, 0.717) is 29.2 Å². The van der Waals surface area contributed by atoms with Crippen LogP contribution in [0.2, 0.25) is 0 Å². The molecule has 162 valence electrons. The summed E-state index contributed by atoms with van der Waals surface area (Å²) in [4.78, 5) is 27.5. The van der Waals surface area contributed by atoms with Gasteiger partial charge in [0, 0.05) is 17.7 Å². The molecule has 2 unspecified atom stereocenters. The van der Waals surface area contributed by atoms with Crippen LogP contribution in [0.1, 0.15) is 29.9 Å². The highest BCUT2D eigenvalue weighted by molar-refractivity contribution is 6.51. The molecule has 1 N–H and O–H groups in total. The molecule has 2 aliphatic rings. The number of hydrogen-bond donors (Lipinski definition) is 1. The Labute approximate surface area is 184 Å². The zero-order valence-electron chi connectivity index (χ0n) is 17.6. The van der Waals surface area contributed by atoms with Gasteiger partial charge >= 0.3 is 0 Å². The number of amides is 1. The third-order valence-corrected chi connectivity index (χ3v) is 5.78. The van der Waals surface area contributed by atoms with Crippen LogP contribution in [0, 0.1) is 0 Å². The average Bonchev–Trinajstić information content (AvgIpc) is 3.51. The molecule has 7 heteroatoms. The Hall–Kier alpha value is -4.00. The monoisotopic (exact) mass is 431 g/mol. The molecule has 1 aromatic heterocycles. The molecule has 1 fully saturated rings. The second-order valence-electron chi connectivity index (χ2n) is 7.84. The zero-order chi connectivity index (χ0) is 22.4. The van der Waals surface area contributed by atoms with Crippen LogP contribution in [0.4, 0.5) is 5.69 Å². The number of ether oxygens (including phenoxy) is 2. The highest BCUT2D eigenvalue weighted by atomic mass is 16.5. The first-order valence-corrected chi connectivity index (χ1v) is 10.3. The largest absolute Gasteiger partial charge is 0.507 e. The molecule has 3 heterocycles. The Balaban J connectivity index is 1.64. The minimum absolute atomic E-state index is 0.0207. The van der Waals surface area contributed by atoms with Crippen molar-refractivity contribution in [2.24, 2.45) is 0 Å². The van der Waals surface area contributed by atoms with Gasteiger partial charge < -0.3 is 19.0 Å². The second-order valence-corrected chi connectivity index (χ2v) is 7.84. The van der Waals surface area contributed by atoms with Gasteiger partial charge in [0.2, 0.25) is 0 Å². The normalized spacial score (nSPS) is 21.5. The first kappa shape index (κ1) is 19.9. The van der Waals surface area contributed by atoms with E-state index < -0.39 is 17.7 Å². The number of ketones is 1. The van der Waals surface area contributed by atoms with Gasteiger partial charge in [-0.05, 0) is 67.1 Å². The van der Waals surface area contributed by atoms with E-state index in [4.69, 9.17) is 13.9 Å². The molecule has 0 radical (unpaired) electrons. The smallest absolute Gasteiger partial charge is 0.300 e. The molecule has 32 heavy (non-hydrogen) atoms. The van der Waals surface area contributed by atoms with E-state index in [1.165, 1.54) is 11.2 Å². The van der Waals surface area contributed by atoms with E-state index in [-0.39, 0.29) is 17.4 Å². The summed E-state index contributed by atoms with van der Waals surface area (Å²) in [5, 5.41) is 11.2. The fraction of sp³-hybridized carbons (Fsp3) is 0.200. The van der Waals surface area contributed by atoms with E-state index in [9.17, 15) is 14.7 Å². The number of Topliss-reactive ketones (excluding diaryl/α,β-unsaturated/α-hetero) is 1. The lowest BCUT2D eigenvalue weighted by atomic mass is 9.97. The Morgan fingerprint density at radius 2 is 1.91 bits per heavy atom. The molecule has 0 aliphatic carbocycles. The van der Waals surface area contributed by atoms with Gasteiger partial charge in [0.1, 0.15) is 35.2 Å². The van der Waals surface area contributed by atoms with Crippen LogP contribution in [-0.2, 0) is 16.0 Å². The van der Waals surface area contributed by atoms with Crippen molar-refractivity contribution in [3.8, 4) is 11.5 Å². The highest BCUT2D eigenvalue weighted by Crippen LogP contribution is 2.43. The van der Waals surface area contributed by atoms with Crippen molar-refractivity contribution in [2.75, 3.05) is 12.0 Å². The van der Waals surface area contributed by atoms with E-state index in [2.05, 4.69) is 0 Å². The first-order valence-electron chi connectivity index (χ1n) is 10.3. The quantitative estimate of drug-likeness (QED) is 0.378. The van der Waals surface area contributed by atoms with Crippen molar-refractivity contribution in [3.05, 3.63) is 83.3 Å². The van der Waals surface area contributed by atoms with Crippen molar-refractivity contribution >= 4 is 23.1 Å². The number of aliphatic hydroxyl groups excluding tert-OH is 1. The maximum atomic E-state index is 13.1. The minimum Gasteiger partial charge on any atom is -0.507 e. The number of anilines is 1. The lowest BCUT2D eigenvalue weighted by Gasteiger charge is -2.23. The average molecular weight is 431 g/mol. The van der Waals surface area contributed by atoms with Gasteiger partial charge in [0.15, 0.2) is 0 Å². The van der Waals surface area contributed by atoms with Crippen molar-refractivity contribution in [1.29, 1.82) is 0 Å². The summed E-state index contributed by atoms with van der Waals surface area (Å²) < 4.78 is 16.5. The molecule has 3 aromatic rings. The van der Waals surface area contributed by atoms with Crippen molar-refractivity contribution < 1.29 is 28.6 Å². The summed E-state index contributed by atoms with van der Waals surface area (Å²) in [5.74, 6) is -0.00587. The van der Waals surface area contributed by atoms with Crippen molar-refractivity contribution in [1.82, 2.24) is 0 Å². The molecular formula is C25H21NO6. The Bertz CT molecular complexity index is 1230. The van der Waals surface area contributed by atoms with Gasteiger partial charge in [-0.15, -0.1) is 0 Å². The van der Waals surface area contributed by atoms with Crippen LogP contribution in [0.15, 0.2) is 70.9 Å². The minimum atomic E-state index is -0.901. The van der Waals surface area contributed by atoms with Gasteiger partial charge in [0.25, 0.3) is 11.7 Å². The van der Waals surface area contributed by atoms with E-state index in [1.54, 1.807) is 61.7 Å². The molecule has 0 spiro atoms. The topological polar surface area (TPSA) is 89.2 Å². The molecule has 1 saturated heterocycles. The fourth-order valence-corrected chi connectivity index (χ4v) is 4.28. The third kappa shape index (κ3) is 3.13. The molecule has 2 aliphatic heterocycles. The van der Waals surface area contributed by atoms with E-state index in [1.807, 2.05) is 6.92 Å². The van der Waals surface area contributed by atoms with Crippen LogP contribution in [-0.4, -0.2) is 30.0 Å². The molecule has 0 bridgehead atoms. The van der Waals surface area contributed by atoms with Crippen LogP contribution in [0.3, 0.4) is 0 Å². The van der Waals surface area contributed by atoms with Gasteiger partial charge in [-0.2, -0.15) is 0 Å². The zero-order valence-corrected chi connectivity index (χ0v) is 17.6. The summed E-state index contributed by atoms with van der Waals surface area (Å²) in [5.41, 5.74) is 1.86. The predicted octanol–water partition coefficient (Wildman–Crippen LogP) is 4.24. The lowest BCUT2D eigenvalue weighted by molar-refractivity contribution is -0.132. The number of nitrogens with zero attached hydrogens (tertiary/aromatic N) is 1. The maximum absolute atomic E-state index is 13.1. The van der Waals surface area contributed by atoms with Crippen LogP contribution < -0.4 is 14.4 Å². The summed E-state index contributed by atoms with van der Waals surface area (Å²) in [6.07, 6.45) is 2.22. The summed E-state index contributed by atoms with van der Waals surface area (Å²) in [7, 11) is 1.55. The SMILES string of the molecule is COc1ccc(N2C(=O)C(=O)/C(=C(\O)c3ccc4c(c3)CC(C)O4)C2c2ccco2)cc1. The summed E-state index contributed by atoms with van der Waals surface area (Å²) in [6, 6.07) is 14.5. The van der Waals surface area contributed by atoms with Crippen LogP contribution in [0.5, 0.6) is 11.5 Å². The number of hydrogen-bond acceptors (Lipinski definition) is 6. The number of carbonyl (C=O) groups excluding carboxylic acids is 2. The molecule has 0 saturated carbocycles. The van der Waals surface area contributed by atoms with Crippen LogP contribution >= 0.6 is 0 Å². The number of carbonyl (C=O) groups is 2. The molecule has 7 nitrogen and oxygen atoms in total. The van der Waals surface area contributed by atoms with E-state index >= 15 is 0 Å². The van der Waals surface area contributed by atoms with Crippen LogP contribution in [0.25, 0.3) is 5.76 Å². The Morgan fingerprint density at radius 3 is 2.59 bits per heavy atom. The first-order chi connectivity index (χ1) is 15.5. The molecule has 5 rings (SSSR count). The molecule has 1 amide bonds. The van der Waals surface area contributed by atoms with E-state index in [0.717, 1.165) is 11.3 Å². The molecule has 2 aromatic carbocycles. The van der Waals surface area contributed by atoms with Crippen molar-refractivity contribution in [3.63, 3.8) is 0 Å². The standard InChI is InChI=1S/C25H21NO6/c1-14-12-16-13-15(5-10-19(16)32-14)23(27)21-22(20-4-3-11-31-20)26(25(29)24(21)28)17-6-8-18(30-2)9-7-17/h3-11,13-14,22,27H,12H2,1-2H3/b23-21-. The molecule has 2 atom stereocenters. The highest BCUT2D eigenvalue weighted by Gasteiger charge is 2.48. The second kappa shape index (κ2) is 7.60. The maximum Gasteiger partial charge on any atom is 0.300 e.